The Bertz CT molecular complexity index is 1460. The van der Waals surface area contributed by atoms with Gasteiger partial charge in [-0.15, -0.1) is 0 Å². The van der Waals surface area contributed by atoms with Crippen LogP contribution in [0.1, 0.15) is 84.6 Å². The van der Waals surface area contributed by atoms with E-state index in [1.54, 1.807) is 19.3 Å². The minimum absolute atomic E-state index is 0.00694. The van der Waals surface area contributed by atoms with Gasteiger partial charge < -0.3 is 34.4 Å². The van der Waals surface area contributed by atoms with E-state index in [0.717, 1.165) is 88.1 Å². The first kappa shape index (κ1) is 36.0. The molecule has 6 rings (SSSR count). The molecule has 0 saturated carbocycles. The van der Waals surface area contributed by atoms with Gasteiger partial charge in [0.1, 0.15) is 5.76 Å². The summed E-state index contributed by atoms with van der Waals surface area (Å²) in [6.07, 6.45) is 12.0. The fourth-order valence-electron chi connectivity index (χ4n) is 8.84. The second kappa shape index (κ2) is 16.0. The van der Waals surface area contributed by atoms with Gasteiger partial charge in [-0.3, -0.25) is 14.4 Å². The lowest BCUT2D eigenvalue weighted by Crippen LogP contribution is -2.57. The molecule has 2 saturated heterocycles. The Morgan fingerprint density at radius 2 is 1.38 bits per heavy atom. The number of nitrogens with one attached hydrogen (secondary N) is 1. The van der Waals surface area contributed by atoms with Gasteiger partial charge in [0.15, 0.2) is 0 Å². The number of likely N-dealkylation sites (tertiary alicyclic amines) is 2. The lowest BCUT2D eigenvalue weighted by Gasteiger charge is -2.48. The topological polar surface area (TPSA) is 94.7 Å². The van der Waals surface area contributed by atoms with Crippen LogP contribution in [0.3, 0.4) is 0 Å². The van der Waals surface area contributed by atoms with Crippen molar-refractivity contribution in [3.63, 3.8) is 0 Å². The van der Waals surface area contributed by atoms with Gasteiger partial charge in [-0.2, -0.15) is 0 Å². The van der Waals surface area contributed by atoms with Gasteiger partial charge >= 0.3 is 0 Å². The molecule has 0 aromatic heterocycles. The fourth-order valence-corrected chi connectivity index (χ4v) is 8.84. The first-order valence-electron chi connectivity index (χ1n) is 18.9. The van der Waals surface area contributed by atoms with Crippen molar-refractivity contribution >= 4 is 17.7 Å². The first-order valence-corrected chi connectivity index (χ1v) is 18.9. The lowest BCUT2D eigenvalue weighted by molar-refractivity contribution is -0.139. The minimum Gasteiger partial charge on any atom is -0.501 e. The molecule has 1 aromatic carbocycles. The molecule has 1 unspecified atom stereocenters. The highest BCUT2D eigenvalue weighted by Gasteiger charge is 2.41. The Morgan fingerprint density at radius 1 is 0.780 bits per heavy atom. The Balaban J connectivity index is 1.03. The molecular formula is C40H57N5O5. The van der Waals surface area contributed by atoms with Gasteiger partial charge in [0.2, 0.25) is 11.8 Å². The Labute approximate surface area is 298 Å². The highest BCUT2D eigenvalue weighted by Crippen LogP contribution is 2.34. The maximum atomic E-state index is 13.7. The number of piperidine rings is 2. The molecule has 0 spiro atoms. The standard InChI is InChI=1S/C40H57N5O5/c1-27(2)19-31-21-35(22-38(46)41-31)43-15-11-32(12-16-43)44-28(3)20-34(23-39(44)47)42-17-13-33(14-18-42)45-37(24-36(49-5)25-40(45)48)29(4)50-26-30-9-7-6-8-10-30/h6-10,22-23,25,27-29,31-33,37H,11-21,24,26H2,1-5H3,(H,41,46)/t28-,29?,31+,37+/m0/s1. The molecule has 0 radical (unpaired) electrons. The predicted molar refractivity (Wildman–Crippen MR) is 193 cm³/mol. The summed E-state index contributed by atoms with van der Waals surface area (Å²) in [6.45, 7) is 12.5. The summed E-state index contributed by atoms with van der Waals surface area (Å²) in [5.74, 6) is 1.36. The third kappa shape index (κ3) is 8.39. The van der Waals surface area contributed by atoms with Crippen LogP contribution in [0, 0.1) is 5.92 Å². The minimum atomic E-state index is -0.158. The van der Waals surface area contributed by atoms with Crippen LogP contribution in [-0.2, 0) is 30.5 Å². The zero-order chi connectivity index (χ0) is 35.4. The summed E-state index contributed by atoms with van der Waals surface area (Å²) in [5.41, 5.74) is 3.37. The van der Waals surface area contributed by atoms with Gasteiger partial charge in [0, 0.05) is 99.2 Å². The number of methoxy groups -OCH3 is 1. The summed E-state index contributed by atoms with van der Waals surface area (Å²) in [4.78, 5) is 48.5. The molecule has 10 nitrogen and oxygen atoms in total. The summed E-state index contributed by atoms with van der Waals surface area (Å²) < 4.78 is 11.9. The van der Waals surface area contributed by atoms with Crippen LogP contribution in [0.5, 0.6) is 0 Å². The van der Waals surface area contributed by atoms with E-state index in [1.165, 1.54) is 0 Å². The third-order valence-corrected chi connectivity index (χ3v) is 11.4. The number of carbonyl (C=O) groups is 3. The van der Waals surface area contributed by atoms with Crippen molar-refractivity contribution in [1.82, 2.24) is 24.9 Å². The van der Waals surface area contributed by atoms with Gasteiger partial charge in [0.25, 0.3) is 5.91 Å². The molecular weight excluding hydrogens is 630 g/mol. The largest absolute Gasteiger partial charge is 0.501 e. The average Bonchev–Trinajstić information content (AvgIpc) is 3.10. The molecule has 5 aliphatic heterocycles. The Kier molecular flexibility index (Phi) is 11.6. The molecule has 0 aliphatic carbocycles. The van der Waals surface area contributed by atoms with Crippen molar-refractivity contribution in [2.45, 2.75) is 122 Å². The molecule has 2 fully saturated rings. The van der Waals surface area contributed by atoms with Crippen LogP contribution in [0.2, 0.25) is 0 Å². The van der Waals surface area contributed by atoms with Crippen LogP contribution in [0.25, 0.3) is 0 Å². The van der Waals surface area contributed by atoms with E-state index in [1.807, 2.05) is 29.2 Å². The molecule has 10 heteroatoms. The van der Waals surface area contributed by atoms with Crippen molar-refractivity contribution in [2.75, 3.05) is 33.3 Å². The Morgan fingerprint density at radius 3 is 1.98 bits per heavy atom. The fraction of sp³-hybridized carbons (Fsp3) is 0.625. The number of ether oxygens (including phenoxy) is 2. The normalized spacial score (nSPS) is 26.5. The van der Waals surface area contributed by atoms with E-state index in [2.05, 4.69) is 59.8 Å². The molecule has 1 aromatic rings. The zero-order valence-electron chi connectivity index (χ0n) is 30.7. The second-order valence-electron chi connectivity index (χ2n) is 15.4. The quantitative estimate of drug-likeness (QED) is 0.351. The summed E-state index contributed by atoms with van der Waals surface area (Å²) in [6, 6.07) is 10.7. The van der Waals surface area contributed by atoms with Crippen molar-refractivity contribution in [1.29, 1.82) is 0 Å². The van der Waals surface area contributed by atoms with E-state index in [9.17, 15) is 14.4 Å². The predicted octanol–water partition coefficient (Wildman–Crippen LogP) is 4.97. The molecule has 5 heterocycles. The molecule has 1 N–H and O–H groups in total. The number of nitrogens with zero attached hydrogens (tertiary/aromatic N) is 4. The molecule has 3 amide bonds. The van der Waals surface area contributed by atoms with Crippen molar-refractivity contribution < 1.29 is 23.9 Å². The summed E-state index contributed by atoms with van der Waals surface area (Å²) in [5, 5.41) is 3.13. The van der Waals surface area contributed by atoms with Crippen molar-refractivity contribution in [3.8, 4) is 0 Å². The van der Waals surface area contributed by atoms with Crippen LogP contribution in [0.15, 0.2) is 65.7 Å². The molecule has 5 aliphatic rings. The molecule has 4 atom stereocenters. The van der Waals surface area contributed by atoms with Crippen LogP contribution in [0.4, 0.5) is 0 Å². The van der Waals surface area contributed by atoms with Gasteiger partial charge in [-0.05, 0) is 57.4 Å². The maximum absolute atomic E-state index is 13.7. The highest BCUT2D eigenvalue weighted by atomic mass is 16.5. The average molecular weight is 688 g/mol. The number of amides is 3. The molecule has 0 bridgehead atoms. The first-order chi connectivity index (χ1) is 24.1. The van der Waals surface area contributed by atoms with E-state index in [0.29, 0.717) is 24.7 Å². The van der Waals surface area contributed by atoms with E-state index >= 15 is 0 Å². The van der Waals surface area contributed by atoms with Crippen LogP contribution >= 0.6 is 0 Å². The maximum Gasteiger partial charge on any atom is 0.250 e. The zero-order valence-corrected chi connectivity index (χ0v) is 30.7. The summed E-state index contributed by atoms with van der Waals surface area (Å²) >= 11 is 0. The van der Waals surface area contributed by atoms with E-state index in [-0.39, 0.29) is 54.0 Å². The third-order valence-electron chi connectivity index (χ3n) is 11.4. The van der Waals surface area contributed by atoms with Gasteiger partial charge in [-0.25, -0.2) is 0 Å². The van der Waals surface area contributed by atoms with Gasteiger partial charge in [-0.1, -0.05) is 44.2 Å². The number of hydrogen-bond donors (Lipinski definition) is 1. The van der Waals surface area contributed by atoms with Crippen LogP contribution in [-0.4, -0.2) is 107 Å². The monoisotopic (exact) mass is 687 g/mol. The van der Waals surface area contributed by atoms with E-state index in [4.69, 9.17) is 9.47 Å². The number of hydrogen-bond acceptors (Lipinski definition) is 7. The number of rotatable bonds is 11. The molecule has 272 valence electrons. The summed E-state index contributed by atoms with van der Waals surface area (Å²) in [7, 11) is 1.63. The van der Waals surface area contributed by atoms with Crippen molar-refractivity contribution in [3.05, 3.63) is 71.3 Å². The lowest BCUT2D eigenvalue weighted by atomic mass is 9.92. The van der Waals surface area contributed by atoms with Crippen molar-refractivity contribution in [2.24, 2.45) is 5.92 Å². The van der Waals surface area contributed by atoms with Gasteiger partial charge in [0.05, 0.1) is 25.9 Å². The smallest absolute Gasteiger partial charge is 0.250 e. The van der Waals surface area contributed by atoms with Crippen LogP contribution < -0.4 is 5.32 Å². The SMILES string of the molecule is COC1=CC(=O)N(C2CCN(C3=CC(=O)N(C4CCN(C5=CC(=O)N[C@H](CC(C)C)C5)CC4)[C@@H](C)C3)CC2)[C@@H](C(C)OCc2ccccc2)C1. The number of benzene rings is 1. The second-order valence-corrected chi connectivity index (χ2v) is 15.4. The molecule has 50 heavy (non-hydrogen) atoms. The van der Waals surface area contributed by atoms with E-state index < -0.39 is 0 Å². The highest BCUT2D eigenvalue weighted by molar-refractivity contribution is 5.90. The Hall–Kier alpha value is -3.79. The number of carbonyl (C=O) groups excluding carboxylic acids is 3.